The van der Waals surface area contributed by atoms with Crippen molar-refractivity contribution in [1.29, 1.82) is 0 Å². The minimum Gasteiger partial charge on any atom is -0.207 e. The van der Waals surface area contributed by atoms with Gasteiger partial charge in [-0.2, -0.15) is 0 Å². The van der Waals surface area contributed by atoms with Gasteiger partial charge in [-0.1, -0.05) is 243 Å². The summed E-state index contributed by atoms with van der Waals surface area (Å²) in [5, 5.41) is 13.2. The van der Waals surface area contributed by atoms with Gasteiger partial charge >= 0.3 is 0 Å². The average molecular weight is 883 g/mol. The molecule has 0 nitrogen and oxygen atoms in total. The summed E-state index contributed by atoms with van der Waals surface area (Å²) in [6, 6.07) is 93.0. The van der Waals surface area contributed by atoms with E-state index < -0.39 is 16.1 Å². The smallest absolute Gasteiger partial charge is 0.179 e. The SMILES string of the molecule is Fc1ccc2c(-c3cccc([Si](c4ccccc4)(c4ccccc4)c4ccccc4)c3)c3cc(F)ccc3c(-c3cccc([Si](c4ccccc4)(c4ccccc4)c4ccccc4)c3)c2c1. The van der Waals surface area contributed by atoms with E-state index in [1.54, 1.807) is 12.1 Å². The second-order valence-electron chi connectivity index (χ2n) is 17.0. The monoisotopic (exact) mass is 882 g/mol. The molecule has 0 spiro atoms. The maximum Gasteiger partial charge on any atom is 0.179 e. The molecule has 0 atom stereocenters. The Kier molecular flexibility index (Phi) is 10.7. The minimum absolute atomic E-state index is 0.327. The highest BCUT2D eigenvalue weighted by Gasteiger charge is 2.43. The fraction of sp³-hybridized carbons (Fsp3) is 0. The Hall–Kier alpha value is -7.77. The second-order valence-corrected chi connectivity index (χ2v) is 24.6. The lowest BCUT2D eigenvalue weighted by molar-refractivity contribution is 0.629. The third kappa shape index (κ3) is 6.85. The van der Waals surface area contributed by atoms with E-state index in [-0.39, 0.29) is 11.6 Å². The molecule has 0 aliphatic rings. The number of fused-ring (bicyclic) bond motifs is 2. The summed E-state index contributed by atoms with van der Waals surface area (Å²) >= 11 is 0. The zero-order valence-electron chi connectivity index (χ0n) is 36.2. The molecule has 11 aromatic carbocycles. The van der Waals surface area contributed by atoms with Crippen LogP contribution < -0.4 is 41.5 Å². The maximum atomic E-state index is 16.0. The fourth-order valence-corrected chi connectivity index (χ4v) is 20.3. The summed E-state index contributed by atoms with van der Waals surface area (Å²) in [6.45, 7) is 0. The van der Waals surface area contributed by atoms with Crippen molar-refractivity contribution in [3.63, 3.8) is 0 Å². The third-order valence-corrected chi connectivity index (χ3v) is 23.0. The van der Waals surface area contributed by atoms with Crippen LogP contribution in [0.5, 0.6) is 0 Å². The fourth-order valence-electron chi connectivity index (χ4n) is 10.7. The Morgan fingerprint density at radius 3 is 0.742 bits per heavy atom. The first-order valence-corrected chi connectivity index (χ1v) is 26.5. The van der Waals surface area contributed by atoms with Crippen LogP contribution in [0.4, 0.5) is 8.78 Å². The van der Waals surface area contributed by atoms with Crippen molar-refractivity contribution >= 4 is 79.2 Å². The topological polar surface area (TPSA) is 0 Å². The summed E-state index contributed by atoms with van der Waals surface area (Å²) in [4.78, 5) is 0. The minimum atomic E-state index is -2.92. The lowest BCUT2D eigenvalue weighted by Gasteiger charge is -2.35. The van der Waals surface area contributed by atoms with Gasteiger partial charge in [0.2, 0.25) is 0 Å². The highest BCUT2D eigenvalue weighted by molar-refractivity contribution is 7.20. The molecule has 11 aromatic rings. The Morgan fingerprint density at radius 1 is 0.212 bits per heavy atom. The zero-order chi connectivity index (χ0) is 44.5. The molecule has 66 heavy (non-hydrogen) atoms. The molecule has 314 valence electrons. The lowest BCUT2D eigenvalue weighted by Crippen LogP contribution is -2.74. The summed E-state index contributed by atoms with van der Waals surface area (Å²) in [5.74, 6) is -0.655. The Balaban J connectivity index is 1.20. The first kappa shape index (κ1) is 41.0. The van der Waals surface area contributed by atoms with E-state index >= 15 is 8.78 Å². The zero-order valence-corrected chi connectivity index (χ0v) is 38.2. The molecule has 0 amide bonds. The summed E-state index contributed by atoms with van der Waals surface area (Å²) in [6.07, 6.45) is 0. The van der Waals surface area contributed by atoms with Crippen molar-refractivity contribution in [2.45, 2.75) is 0 Å². The van der Waals surface area contributed by atoms with Gasteiger partial charge in [0.25, 0.3) is 0 Å². The van der Waals surface area contributed by atoms with Crippen molar-refractivity contribution in [2.24, 2.45) is 0 Å². The molecule has 0 fully saturated rings. The van der Waals surface area contributed by atoms with Crippen molar-refractivity contribution in [3.05, 3.63) is 279 Å². The van der Waals surface area contributed by atoms with Gasteiger partial charge in [0, 0.05) is 0 Å². The van der Waals surface area contributed by atoms with Crippen LogP contribution >= 0.6 is 0 Å². The molecule has 0 aliphatic carbocycles. The van der Waals surface area contributed by atoms with E-state index in [9.17, 15) is 0 Å². The highest BCUT2D eigenvalue weighted by atomic mass is 28.3. The van der Waals surface area contributed by atoms with Crippen molar-refractivity contribution in [2.75, 3.05) is 0 Å². The number of halogens is 2. The van der Waals surface area contributed by atoms with Gasteiger partial charge in [0.1, 0.15) is 11.6 Å². The maximum absolute atomic E-state index is 16.0. The molecule has 0 heterocycles. The van der Waals surface area contributed by atoms with E-state index in [0.717, 1.165) is 43.8 Å². The average Bonchev–Trinajstić information content (AvgIpc) is 3.38. The summed E-state index contributed by atoms with van der Waals surface area (Å²) in [7, 11) is -5.84. The van der Waals surface area contributed by atoms with Gasteiger partial charge in [0.15, 0.2) is 16.1 Å². The number of benzene rings is 11. The normalized spacial score (nSPS) is 11.8. The number of rotatable bonds is 10. The predicted molar refractivity (Wildman–Crippen MR) is 279 cm³/mol. The van der Waals surface area contributed by atoms with E-state index in [0.29, 0.717) is 0 Å². The highest BCUT2D eigenvalue weighted by Crippen LogP contribution is 2.44. The van der Waals surface area contributed by atoms with Crippen LogP contribution in [0.25, 0.3) is 43.8 Å². The Morgan fingerprint density at radius 2 is 0.470 bits per heavy atom. The van der Waals surface area contributed by atoms with Gasteiger partial charge in [-0.15, -0.1) is 0 Å². The Labute approximate surface area is 386 Å². The molecular formula is C62H44F2Si2. The Bertz CT molecular complexity index is 3040. The van der Waals surface area contributed by atoms with Crippen molar-refractivity contribution in [1.82, 2.24) is 0 Å². The first-order chi connectivity index (χ1) is 32.6. The molecule has 0 saturated carbocycles. The number of hydrogen-bond acceptors (Lipinski definition) is 0. The molecule has 0 aromatic heterocycles. The summed E-state index contributed by atoms with van der Waals surface area (Å²) < 4.78 is 32.0. The predicted octanol–water partition coefficient (Wildman–Crippen LogP) is 10.4. The van der Waals surface area contributed by atoms with Crippen LogP contribution in [0.15, 0.2) is 267 Å². The van der Waals surface area contributed by atoms with E-state index in [4.69, 9.17) is 0 Å². The standard InChI is InChI=1S/C62H44F2Si2/c63-47-38-40-58-59(43-47)61(45-21-19-35-55(41-45)65(49-23-7-1-8-24-49,50-25-9-2-10-26-50)51-27-11-3-12-28-51)57-39-37-48(64)44-60(57)62(58)46-22-20-36-56(42-46)66(52-29-13-4-14-30-52,53-31-15-5-16-32-53)54-33-17-6-18-34-54/h1-44H. The molecule has 0 radical (unpaired) electrons. The van der Waals surface area contributed by atoms with Gasteiger partial charge in [-0.05, 0) is 110 Å². The third-order valence-electron chi connectivity index (χ3n) is 13.4. The van der Waals surface area contributed by atoms with Crippen LogP contribution in [0.3, 0.4) is 0 Å². The van der Waals surface area contributed by atoms with Crippen molar-refractivity contribution in [3.8, 4) is 22.3 Å². The lowest BCUT2D eigenvalue weighted by atomic mass is 9.86. The van der Waals surface area contributed by atoms with Gasteiger partial charge < -0.3 is 0 Å². The van der Waals surface area contributed by atoms with E-state index in [1.165, 1.54) is 53.6 Å². The van der Waals surface area contributed by atoms with E-state index in [1.807, 2.05) is 12.1 Å². The molecule has 0 aliphatic heterocycles. The largest absolute Gasteiger partial charge is 0.207 e. The van der Waals surface area contributed by atoms with Gasteiger partial charge in [0.05, 0.1) is 0 Å². The second kappa shape index (κ2) is 17.3. The first-order valence-electron chi connectivity index (χ1n) is 22.5. The van der Waals surface area contributed by atoms with Crippen LogP contribution in [-0.4, -0.2) is 16.1 Å². The van der Waals surface area contributed by atoms with Crippen molar-refractivity contribution < 1.29 is 8.78 Å². The van der Waals surface area contributed by atoms with Gasteiger partial charge in [-0.25, -0.2) is 8.78 Å². The number of hydrogen-bond donors (Lipinski definition) is 0. The van der Waals surface area contributed by atoms with Gasteiger partial charge in [-0.3, -0.25) is 0 Å². The molecule has 0 N–H and O–H groups in total. The molecule has 0 saturated heterocycles. The van der Waals surface area contributed by atoms with E-state index in [2.05, 4.69) is 231 Å². The molecule has 0 bridgehead atoms. The van der Waals surface area contributed by atoms with Crippen LogP contribution in [0.1, 0.15) is 0 Å². The molecule has 11 rings (SSSR count). The summed E-state index contributed by atoms with van der Waals surface area (Å²) in [5.41, 5.74) is 3.64. The van der Waals surface area contributed by atoms with Crippen LogP contribution in [0, 0.1) is 11.6 Å². The molecule has 0 unspecified atom stereocenters. The van der Waals surface area contributed by atoms with Crippen LogP contribution in [0.2, 0.25) is 0 Å². The molecule has 4 heteroatoms. The molecular weight excluding hydrogens is 839 g/mol. The van der Waals surface area contributed by atoms with Crippen LogP contribution in [-0.2, 0) is 0 Å². The quantitative estimate of drug-likeness (QED) is 0.0730.